The van der Waals surface area contributed by atoms with Gasteiger partial charge in [0.25, 0.3) is 5.56 Å². The normalized spacial score (nSPS) is 17.7. The van der Waals surface area contributed by atoms with E-state index in [9.17, 15) is 14.7 Å². The third kappa shape index (κ3) is 5.08. The molecule has 2 N–H and O–H groups in total. The molecule has 0 fully saturated rings. The van der Waals surface area contributed by atoms with Crippen molar-refractivity contribution in [3.05, 3.63) is 106 Å². The van der Waals surface area contributed by atoms with E-state index in [2.05, 4.69) is 5.16 Å². The Morgan fingerprint density at radius 3 is 2.47 bits per heavy atom. The summed E-state index contributed by atoms with van der Waals surface area (Å²) in [5, 5.41) is 24.7. The molecule has 194 valence electrons. The number of aromatic nitrogens is 2. The van der Waals surface area contributed by atoms with E-state index in [1.807, 2.05) is 79.7 Å². The number of carboxylic acid groups (broad SMARTS) is 1. The molecule has 0 saturated heterocycles. The number of hydrogen-bond acceptors (Lipinski definition) is 6. The van der Waals surface area contributed by atoms with Gasteiger partial charge in [-0.1, -0.05) is 59.8 Å². The molecule has 1 aromatic heterocycles. The molecule has 2 heterocycles. The summed E-state index contributed by atoms with van der Waals surface area (Å²) in [6.45, 7) is 1.83. The minimum Gasteiger partial charge on any atom is -0.481 e. The van der Waals surface area contributed by atoms with Crippen molar-refractivity contribution in [2.45, 2.75) is 50.7 Å². The SMILES string of the molecule is C[C@@]1([C@H](O)c2ccccc2)CC(c2ccc3c(=O)n(-c4ccccc4)c(CCCCC(=O)O)nc3c2)=NO1. The number of nitrogens with zero attached hydrogens (tertiary/aromatic N) is 3. The number of carbonyl (C=O) groups is 1. The number of aliphatic carboxylic acids is 1. The van der Waals surface area contributed by atoms with Crippen molar-refractivity contribution in [3.8, 4) is 5.69 Å². The zero-order valence-electron chi connectivity index (χ0n) is 21.1. The van der Waals surface area contributed by atoms with Gasteiger partial charge in [-0.05, 0) is 49.6 Å². The predicted molar refractivity (Wildman–Crippen MR) is 145 cm³/mol. The highest BCUT2D eigenvalue weighted by molar-refractivity contribution is 6.04. The van der Waals surface area contributed by atoms with Crippen LogP contribution >= 0.6 is 0 Å². The van der Waals surface area contributed by atoms with Gasteiger partial charge in [0.05, 0.1) is 22.3 Å². The second-order valence-corrected chi connectivity index (χ2v) is 9.77. The summed E-state index contributed by atoms with van der Waals surface area (Å²) in [6.07, 6.45) is 1.14. The molecular weight excluding hydrogens is 482 g/mol. The molecule has 0 radical (unpaired) electrons. The van der Waals surface area contributed by atoms with E-state index >= 15 is 0 Å². The number of unbranched alkanes of at least 4 members (excludes halogenated alkanes) is 1. The van der Waals surface area contributed by atoms with Crippen LogP contribution in [0.1, 0.15) is 55.7 Å². The van der Waals surface area contributed by atoms with E-state index in [0.717, 1.165) is 11.1 Å². The molecule has 2 atom stereocenters. The average Bonchev–Trinajstić information content (AvgIpc) is 3.34. The molecule has 5 rings (SSSR count). The highest BCUT2D eigenvalue weighted by atomic mass is 16.7. The lowest BCUT2D eigenvalue weighted by molar-refractivity contribution is -0.137. The Labute approximate surface area is 219 Å². The van der Waals surface area contributed by atoms with Crippen LogP contribution < -0.4 is 5.56 Å². The lowest BCUT2D eigenvalue weighted by Crippen LogP contribution is -2.33. The van der Waals surface area contributed by atoms with E-state index in [1.54, 1.807) is 10.6 Å². The van der Waals surface area contributed by atoms with Crippen molar-refractivity contribution in [1.29, 1.82) is 0 Å². The molecule has 0 amide bonds. The van der Waals surface area contributed by atoms with Gasteiger partial charge in [0, 0.05) is 24.8 Å². The largest absolute Gasteiger partial charge is 0.481 e. The number of aryl methyl sites for hydroxylation is 1. The van der Waals surface area contributed by atoms with Gasteiger partial charge in [0.15, 0.2) is 5.60 Å². The first-order valence-corrected chi connectivity index (χ1v) is 12.7. The maximum atomic E-state index is 13.6. The topological polar surface area (TPSA) is 114 Å². The maximum Gasteiger partial charge on any atom is 0.303 e. The smallest absolute Gasteiger partial charge is 0.303 e. The summed E-state index contributed by atoms with van der Waals surface area (Å²) >= 11 is 0. The lowest BCUT2D eigenvalue weighted by Gasteiger charge is -2.27. The fourth-order valence-corrected chi connectivity index (χ4v) is 4.83. The Kier molecular flexibility index (Phi) is 7.07. The number of aliphatic hydroxyl groups is 1. The van der Waals surface area contributed by atoms with Crippen molar-refractivity contribution in [2.24, 2.45) is 5.16 Å². The van der Waals surface area contributed by atoms with Crippen LogP contribution in [0.4, 0.5) is 0 Å². The van der Waals surface area contributed by atoms with E-state index in [4.69, 9.17) is 14.9 Å². The van der Waals surface area contributed by atoms with E-state index in [1.165, 1.54) is 0 Å². The number of aliphatic hydroxyl groups excluding tert-OH is 1. The summed E-state index contributed by atoms with van der Waals surface area (Å²) in [5.41, 5.74) is 2.32. The van der Waals surface area contributed by atoms with Crippen LogP contribution in [0.2, 0.25) is 0 Å². The molecule has 38 heavy (non-hydrogen) atoms. The number of hydrogen-bond donors (Lipinski definition) is 2. The molecule has 8 nitrogen and oxygen atoms in total. The molecular formula is C30H29N3O5. The van der Waals surface area contributed by atoms with Crippen LogP contribution in [0, 0.1) is 0 Å². The minimum absolute atomic E-state index is 0.0702. The van der Waals surface area contributed by atoms with Gasteiger partial charge < -0.3 is 15.1 Å². The first-order chi connectivity index (χ1) is 18.4. The van der Waals surface area contributed by atoms with Gasteiger partial charge in [-0.25, -0.2) is 4.98 Å². The first kappa shape index (κ1) is 25.4. The van der Waals surface area contributed by atoms with Gasteiger partial charge in [-0.3, -0.25) is 14.2 Å². The number of oxime groups is 1. The van der Waals surface area contributed by atoms with Gasteiger partial charge in [0.1, 0.15) is 11.9 Å². The Morgan fingerprint density at radius 1 is 1.05 bits per heavy atom. The molecule has 8 heteroatoms. The maximum absolute atomic E-state index is 13.6. The van der Waals surface area contributed by atoms with Crippen molar-refractivity contribution in [1.82, 2.24) is 9.55 Å². The van der Waals surface area contributed by atoms with E-state index < -0.39 is 17.7 Å². The summed E-state index contributed by atoms with van der Waals surface area (Å²) in [5.74, 6) is -0.268. The Balaban J connectivity index is 1.48. The third-order valence-electron chi connectivity index (χ3n) is 6.90. The van der Waals surface area contributed by atoms with Crippen molar-refractivity contribution in [3.63, 3.8) is 0 Å². The lowest BCUT2D eigenvalue weighted by atomic mass is 9.87. The molecule has 0 saturated carbocycles. The average molecular weight is 512 g/mol. The Bertz CT molecular complexity index is 1550. The number of fused-ring (bicyclic) bond motifs is 1. The highest BCUT2D eigenvalue weighted by Gasteiger charge is 2.42. The quantitative estimate of drug-likeness (QED) is 0.312. The van der Waals surface area contributed by atoms with Gasteiger partial charge in [-0.2, -0.15) is 0 Å². The molecule has 0 spiro atoms. The van der Waals surface area contributed by atoms with E-state index in [-0.39, 0.29) is 12.0 Å². The Hall–Kier alpha value is -4.30. The highest BCUT2D eigenvalue weighted by Crippen LogP contribution is 2.37. The Morgan fingerprint density at radius 2 is 1.76 bits per heavy atom. The summed E-state index contributed by atoms with van der Waals surface area (Å²) in [7, 11) is 0. The first-order valence-electron chi connectivity index (χ1n) is 12.7. The van der Waals surface area contributed by atoms with Gasteiger partial charge >= 0.3 is 5.97 Å². The van der Waals surface area contributed by atoms with Crippen LogP contribution in [0.3, 0.4) is 0 Å². The summed E-state index contributed by atoms with van der Waals surface area (Å²) in [6, 6.07) is 24.1. The van der Waals surface area contributed by atoms with Crippen LogP contribution in [-0.2, 0) is 16.1 Å². The zero-order valence-corrected chi connectivity index (χ0v) is 21.1. The number of rotatable bonds is 9. The summed E-state index contributed by atoms with van der Waals surface area (Å²) in [4.78, 5) is 35.2. The minimum atomic E-state index is -0.926. The predicted octanol–water partition coefficient (Wildman–Crippen LogP) is 4.80. The van der Waals surface area contributed by atoms with Gasteiger partial charge in [0.2, 0.25) is 0 Å². The number of carboxylic acids is 1. The molecule has 3 aromatic carbocycles. The second kappa shape index (κ2) is 10.6. The summed E-state index contributed by atoms with van der Waals surface area (Å²) < 4.78 is 1.60. The fraction of sp³-hybridized carbons (Fsp3) is 0.267. The van der Waals surface area contributed by atoms with Crippen molar-refractivity contribution < 1.29 is 19.8 Å². The van der Waals surface area contributed by atoms with Crippen LogP contribution in [-0.4, -0.2) is 37.0 Å². The molecule has 0 bridgehead atoms. The van der Waals surface area contributed by atoms with Crippen LogP contribution in [0.15, 0.2) is 88.8 Å². The number of para-hydroxylation sites is 1. The second-order valence-electron chi connectivity index (χ2n) is 9.77. The monoisotopic (exact) mass is 511 g/mol. The molecule has 1 aliphatic rings. The van der Waals surface area contributed by atoms with Crippen LogP contribution in [0.5, 0.6) is 0 Å². The zero-order chi connectivity index (χ0) is 26.7. The molecule has 4 aromatic rings. The van der Waals surface area contributed by atoms with Crippen molar-refractivity contribution >= 4 is 22.6 Å². The standard InChI is InChI=1S/C30H29N3O5/c1-30(28(36)20-10-4-2-5-11-20)19-25(32-38-30)21-16-17-23-24(18-21)31-26(14-8-9-15-27(34)35)33(29(23)37)22-12-6-3-7-13-22/h2-7,10-13,16-18,28,36H,8-9,14-15,19H2,1H3,(H,34,35)/t28-,30+/m1/s1. The fourth-order valence-electron chi connectivity index (χ4n) is 4.83. The van der Waals surface area contributed by atoms with Crippen LogP contribution in [0.25, 0.3) is 16.6 Å². The molecule has 0 unspecified atom stereocenters. The number of benzene rings is 3. The van der Waals surface area contributed by atoms with E-state index in [0.29, 0.717) is 53.8 Å². The van der Waals surface area contributed by atoms with Gasteiger partial charge in [-0.15, -0.1) is 0 Å². The van der Waals surface area contributed by atoms with Crippen molar-refractivity contribution in [2.75, 3.05) is 0 Å². The molecule has 1 aliphatic heterocycles. The third-order valence-corrected chi connectivity index (χ3v) is 6.90. The molecule has 0 aliphatic carbocycles.